The zero-order valence-corrected chi connectivity index (χ0v) is 11.4. The Morgan fingerprint density at radius 3 is 2.39 bits per heavy atom. The first-order valence-corrected chi connectivity index (χ1v) is 6.19. The average molecular weight is 251 g/mol. The van der Waals surface area contributed by atoms with Crippen molar-refractivity contribution in [3.05, 3.63) is 23.8 Å². The van der Waals surface area contributed by atoms with Gasteiger partial charge in [0.1, 0.15) is 11.5 Å². The van der Waals surface area contributed by atoms with E-state index < -0.39 is 0 Å². The Morgan fingerprint density at radius 1 is 1.22 bits per heavy atom. The summed E-state index contributed by atoms with van der Waals surface area (Å²) in [7, 11) is 3.13. The second-order valence-corrected chi connectivity index (χ2v) is 4.05. The number of carbonyl (C=O) groups excluding carboxylic acids is 1. The van der Waals surface area contributed by atoms with Crippen LogP contribution in [0.25, 0.3) is 0 Å². The van der Waals surface area contributed by atoms with E-state index in [0.29, 0.717) is 17.1 Å². The van der Waals surface area contributed by atoms with Crippen LogP contribution in [-0.2, 0) is 0 Å². The number of methoxy groups -OCH3 is 2. The van der Waals surface area contributed by atoms with Crippen molar-refractivity contribution >= 4 is 5.91 Å². The Hall–Kier alpha value is -1.71. The normalized spacial score (nSPS) is 10.3. The summed E-state index contributed by atoms with van der Waals surface area (Å²) >= 11 is 0. The van der Waals surface area contributed by atoms with Gasteiger partial charge in [0.15, 0.2) is 0 Å². The van der Waals surface area contributed by atoms with Crippen LogP contribution in [0.3, 0.4) is 0 Å². The predicted molar refractivity (Wildman–Crippen MR) is 71.4 cm³/mol. The summed E-state index contributed by atoms with van der Waals surface area (Å²) in [5.74, 6) is 1.09. The number of hydrogen-bond acceptors (Lipinski definition) is 3. The summed E-state index contributed by atoms with van der Waals surface area (Å²) in [5, 5.41) is 2.99. The second-order valence-electron chi connectivity index (χ2n) is 4.05. The summed E-state index contributed by atoms with van der Waals surface area (Å²) < 4.78 is 10.3. The lowest BCUT2D eigenvalue weighted by Crippen LogP contribution is -2.34. The van der Waals surface area contributed by atoms with E-state index in [1.807, 2.05) is 0 Å². The molecule has 0 atom stereocenters. The Bertz CT molecular complexity index is 400. The summed E-state index contributed by atoms with van der Waals surface area (Å²) in [6, 6.07) is 5.38. The minimum absolute atomic E-state index is 0.108. The molecular formula is C14H21NO3. The molecule has 0 aliphatic heterocycles. The maximum absolute atomic E-state index is 12.1. The van der Waals surface area contributed by atoms with E-state index in [4.69, 9.17) is 9.47 Å². The Kier molecular flexibility index (Phi) is 5.49. The standard InChI is InChI=1S/C14H21NO3/c1-5-10(6-2)15-14(16)12-8-7-11(17-3)9-13(12)18-4/h7-10H,5-6H2,1-4H3,(H,15,16). The van der Waals surface area contributed by atoms with E-state index in [1.165, 1.54) is 0 Å². The van der Waals surface area contributed by atoms with Crippen LogP contribution in [0, 0.1) is 0 Å². The van der Waals surface area contributed by atoms with E-state index in [2.05, 4.69) is 19.2 Å². The van der Waals surface area contributed by atoms with Crippen LogP contribution in [0.2, 0.25) is 0 Å². The molecule has 0 aliphatic rings. The van der Waals surface area contributed by atoms with Crippen LogP contribution in [0.1, 0.15) is 37.0 Å². The van der Waals surface area contributed by atoms with Crippen molar-refractivity contribution in [2.24, 2.45) is 0 Å². The summed E-state index contributed by atoms with van der Waals surface area (Å²) in [6.45, 7) is 4.11. The maximum atomic E-state index is 12.1. The van der Waals surface area contributed by atoms with Gasteiger partial charge in [-0.3, -0.25) is 4.79 Å². The van der Waals surface area contributed by atoms with Gasteiger partial charge in [0.25, 0.3) is 5.91 Å². The lowest BCUT2D eigenvalue weighted by Gasteiger charge is -2.16. The van der Waals surface area contributed by atoms with Crippen LogP contribution in [-0.4, -0.2) is 26.2 Å². The number of amides is 1. The third-order valence-electron chi connectivity index (χ3n) is 2.97. The van der Waals surface area contributed by atoms with Crippen LogP contribution in [0.15, 0.2) is 18.2 Å². The lowest BCUT2D eigenvalue weighted by atomic mass is 10.1. The first-order valence-electron chi connectivity index (χ1n) is 6.19. The third kappa shape index (κ3) is 3.39. The van der Waals surface area contributed by atoms with Crippen molar-refractivity contribution in [1.29, 1.82) is 0 Å². The predicted octanol–water partition coefficient (Wildman–Crippen LogP) is 2.62. The van der Waals surface area contributed by atoms with E-state index in [0.717, 1.165) is 12.8 Å². The molecule has 1 amide bonds. The fourth-order valence-corrected chi connectivity index (χ4v) is 1.74. The van der Waals surface area contributed by atoms with Gasteiger partial charge in [-0.2, -0.15) is 0 Å². The molecule has 0 fully saturated rings. The fraction of sp³-hybridized carbons (Fsp3) is 0.500. The molecule has 1 aromatic carbocycles. The van der Waals surface area contributed by atoms with E-state index in [1.54, 1.807) is 32.4 Å². The Labute approximate surface area is 108 Å². The van der Waals surface area contributed by atoms with Gasteiger partial charge in [-0.15, -0.1) is 0 Å². The molecule has 0 unspecified atom stereocenters. The van der Waals surface area contributed by atoms with Gasteiger partial charge in [0.05, 0.1) is 19.8 Å². The number of ether oxygens (including phenoxy) is 2. The molecule has 1 rings (SSSR count). The molecule has 4 heteroatoms. The van der Waals surface area contributed by atoms with E-state index in [9.17, 15) is 4.79 Å². The van der Waals surface area contributed by atoms with Crippen LogP contribution in [0.4, 0.5) is 0 Å². The summed E-state index contributed by atoms with van der Waals surface area (Å²) in [6.07, 6.45) is 1.83. The maximum Gasteiger partial charge on any atom is 0.255 e. The average Bonchev–Trinajstić information content (AvgIpc) is 2.43. The number of rotatable bonds is 6. The minimum atomic E-state index is -0.108. The Balaban J connectivity index is 2.91. The largest absolute Gasteiger partial charge is 0.497 e. The molecule has 18 heavy (non-hydrogen) atoms. The van der Waals surface area contributed by atoms with Crippen LogP contribution < -0.4 is 14.8 Å². The van der Waals surface area contributed by atoms with Crippen molar-refractivity contribution in [2.75, 3.05) is 14.2 Å². The molecule has 0 aromatic heterocycles. The first kappa shape index (κ1) is 14.4. The van der Waals surface area contributed by atoms with E-state index in [-0.39, 0.29) is 11.9 Å². The van der Waals surface area contributed by atoms with Crippen molar-refractivity contribution in [3.8, 4) is 11.5 Å². The molecule has 0 saturated carbocycles. The highest BCUT2D eigenvalue weighted by atomic mass is 16.5. The van der Waals surface area contributed by atoms with Crippen molar-refractivity contribution in [2.45, 2.75) is 32.7 Å². The van der Waals surface area contributed by atoms with Crippen LogP contribution in [0.5, 0.6) is 11.5 Å². The Morgan fingerprint density at radius 2 is 1.89 bits per heavy atom. The van der Waals surface area contributed by atoms with Gasteiger partial charge >= 0.3 is 0 Å². The van der Waals surface area contributed by atoms with Crippen molar-refractivity contribution in [1.82, 2.24) is 5.32 Å². The molecule has 0 aliphatic carbocycles. The molecule has 0 radical (unpaired) electrons. The molecule has 1 N–H and O–H groups in total. The molecular weight excluding hydrogens is 230 g/mol. The zero-order valence-electron chi connectivity index (χ0n) is 11.4. The highest BCUT2D eigenvalue weighted by molar-refractivity contribution is 5.97. The quantitative estimate of drug-likeness (QED) is 0.845. The molecule has 100 valence electrons. The first-order chi connectivity index (χ1) is 8.65. The monoisotopic (exact) mass is 251 g/mol. The topological polar surface area (TPSA) is 47.6 Å². The van der Waals surface area contributed by atoms with E-state index >= 15 is 0 Å². The summed E-state index contributed by atoms with van der Waals surface area (Å²) in [5.41, 5.74) is 0.533. The van der Waals surface area contributed by atoms with Crippen LogP contribution >= 0.6 is 0 Å². The van der Waals surface area contributed by atoms with Crippen molar-refractivity contribution < 1.29 is 14.3 Å². The van der Waals surface area contributed by atoms with Gasteiger partial charge in [-0.1, -0.05) is 13.8 Å². The van der Waals surface area contributed by atoms with Crippen molar-refractivity contribution in [3.63, 3.8) is 0 Å². The lowest BCUT2D eigenvalue weighted by molar-refractivity contribution is 0.0932. The smallest absolute Gasteiger partial charge is 0.255 e. The number of nitrogens with one attached hydrogen (secondary N) is 1. The van der Waals surface area contributed by atoms with Gasteiger partial charge in [0.2, 0.25) is 0 Å². The number of hydrogen-bond donors (Lipinski definition) is 1. The molecule has 0 saturated heterocycles. The molecule has 1 aromatic rings. The fourth-order valence-electron chi connectivity index (χ4n) is 1.74. The second kappa shape index (κ2) is 6.89. The van der Waals surface area contributed by atoms with Gasteiger partial charge in [-0.25, -0.2) is 0 Å². The van der Waals surface area contributed by atoms with Gasteiger partial charge in [0, 0.05) is 12.1 Å². The molecule has 0 heterocycles. The highest BCUT2D eigenvalue weighted by Crippen LogP contribution is 2.24. The highest BCUT2D eigenvalue weighted by Gasteiger charge is 2.15. The SMILES string of the molecule is CCC(CC)NC(=O)c1ccc(OC)cc1OC. The minimum Gasteiger partial charge on any atom is -0.497 e. The molecule has 0 spiro atoms. The number of carbonyl (C=O) groups is 1. The van der Waals surface area contributed by atoms with Gasteiger partial charge < -0.3 is 14.8 Å². The zero-order chi connectivity index (χ0) is 13.5. The molecule has 0 bridgehead atoms. The number of benzene rings is 1. The van der Waals surface area contributed by atoms with Gasteiger partial charge in [-0.05, 0) is 25.0 Å². The summed E-state index contributed by atoms with van der Waals surface area (Å²) in [4.78, 5) is 12.1. The molecule has 4 nitrogen and oxygen atoms in total. The third-order valence-corrected chi connectivity index (χ3v) is 2.97.